The van der Waals surface area contributed by atoms with Crippen molar-refractivity contribution in [1.29, 1.82) is 0 Å². The van der Waals surface area contributed by atoms with Crippen LogP contribution in [0.2, 0.25) is 0 Å². The zero-order valence-corrected chi connectivity index (χ0v) is 10.7. The molecule has 0 aliphatic heterocycles. The molecular weight excluding hydrogens is 238 g/mol. The van der Waals surface area contributed by atoms with Gasteiger partial charge in [0.25, 0.3) is 0 Å². The van der Waals surface area contributed by atoms with Crippen LogP contribution in [0.5, 0.6) is 5.75 Å². The van der Waals surface area contributed by atoms with E-state index in [4.69, 9.17) is 0 Å². The van der Waals surface area contributed by atoms with Crippen LogP contribution in [0.3, 0.4) is 0 Å². The van der Waals surface area contributed by atoms with E-state index < -0.39 is 0 Å². The maximum Gasteiger partial charge on any atom is 0.119 e. The van der Waals surface area contributed by atoms with E-state index in [0.29, 0.717) is 12.2 Å². The van der Waals surface area contributed by atoms with E-state index in [0.717, 1.165) is 29.0 Å². The van der Waals surface area contributed by atoms with E-state index in [1.54, 1.807) is 18.5 Å². The van der Waals surface area contributed by atoms with Gasteiger partial charge in [-0.1, -0.05) is 18.2 Å². The first-order valence-corrected chi connectivity index (χ1v) is 6.35. The Kier molecular flexibility index (Phi) is 2.91. The first-order chi connectivity index (χ1) is 9.29. The molecule has 4 heteroatoms. The molecule has 0 saturated heterocycles. The van der Waals surface area contributed by atoms with Gasteiger partial charge in [-0.05, 0) is 19.1 Å². The topological polar surface area (TPSA) is 50.9 Å². The fourth-order valence-corrected chi connectivity index (χ4v) is 2.35. The van der Waals surface area contributed by atoms with Gasteiger partial charge in [0.15, 0.2) is 0 Å². The van der Waals surface area contributed by atoms with Crippen LogP contribution >= 0.6 is 0 Å². The van der Waals surface area contributed by atoms with Gasteiger partial charge in [0, 0.05) is 24.7 Å². The van der Waals surface area contributed by atoms with Crippen molar-refractivity contribution >= 4 is 11.0 Å². The third kappa shape index (κ3) is 2.05. The van der Waals surface area contributed by atoms with E-state index in [2.05, 4.69) is 21.5 Å². The highest BCUT2D eigenvalue weighted by Gasteiger charge is 2.11. The molecule has 0 radical (unpaired) electrons. The molecule has 0 atom stereocenters. The lowest BCUT2D eigenvalue weighted by Crippen LogP contribution is -2.02. The molecule has 4 nitrogen and oxygen atoms in total. The number of phenols is 1. The van der Waals surface area contributed by atoms with Crippen molar-refractivity contribution in [1.82, 2.24) is 14.5 Å². The number of benzene rings is 1. The molecule has 19 heavy (non-hydrogen) atoms. The summed E-state index contributed by atoms with van der Waals surface area (Å²) in [6.07, 6.45) is 4.17. The van der Waals surface area contributed by atoms with E-state index in [1.165, 1.54) is 0 Å². The molecule has 0 saturated carbocycles. The molecule has 96 valence electrons. The van der Waals surface area contributed by atoms with Gasteiger partial charge in [0.05, 0.1) is 11.7 Å². The van der Waals surface area contributed by atoms with Crippen LogP contribution in [0.4, 0.5) is 0 Å². The predicted octanol–water partition coefficient (Wildman–Crippen LogP) is 2.75. The summed E-state index contributed by atoms with van der Waals surface area (Å²) in [4.78, 5) is 8.71. The number of hydrogen-bond donors (Lipinski definition) is 1. The SMILES string of the molecule is CCn1c(Cc2ccccc2O)nc2cnccc21. The van der Waals surface area contributed by atoms with Crippen molar-refractivity contribution < 1.29 is 5.11 Å². The fraction of sp³-hybridized carbons (Fsp3) is 0.200. The van der Waals surface area contributed by atoms with Gasteiger partial charge in [-0.15, -0.1) is 0 Å². The summed E-state index contributed by atoms with van der Waals surface area (Å²) in [7, 11) is 0. The van der Waals surface area contributed by atoms with E-state index in [-0.39, 0.29) is 0 Å². The van der Waals surface area contributed by atoms with Crippen LogP contribution in [0, 0.1) is 0 Å². The summed E-state index contributed by atoms with van der Waals surface area (Å²) >= 11 is 0. The zero-order chi connectivity index (χ0) is 13.2. The number of aromatic nitrogens is 3. The number of para-hydroxylation sites is 1. The van der Waals surface area contributed by atoms with E-state index in [1.807, 2.05) is 24.3 Å². The Morgan fingerprint density at radius 2 is 2.05 bits per heavy atom. The van der Waals surface area contributed by atoms with E-state index in [9.17, 15) is 5.11 Å². The molecule has 1 N–H and O–H groups in total. The first-order valence-electron chi connectivity index (χ1n) is 6.35. The van der Waals surface area contributed by atoms with Crippen molar-refractivity contribution in [3.8, 4) is 5.75 Å². The predicted molar refractivity (Wildman–Crippen MR) is 74.1 cm³/mol. The quantitative estimate of drug-likeness (QED) is 0.780. The molecule has 0 spiro atoms. The Hall–Kier alpha value is -2.36. The molecule has 1 aromatic carbocycles. The second-order valence-electron chi connectivity index (χ2n) is 4.44. The fourth-order valence-electron chi connectivity index (χ4n) is 2.35. The second-order valence-corrected chi connectivity index (χ2v) is 4.44. The van der Waals surface area contributed by atoms with E-state index >= 15 is 0 Å². The summed E-state index contributed by atoms with van der Waals surface area (Å²) in [5, 5.41) is 9.86. The Bertz CT molecular complexity index is 718. The number of phenolic OH excluding ortho intramolecular Hbond substituents is 1. The van der Waals surface area contributed by atoms with Crippen LogP contribution in [0.15, 0.2) is 42.7 Å². The standard InChI is InChI=1S/C15H15N3O/c1-2-18-13-7-8-16-10-12(13)17-15(18)9-11-5-3-4-6-14(11)19/h3-8,10,19H,2,9H2,1H3. The van der Waals surface area contributed by atoms with Gasteiger partial charge in [-0.25, -0.2) is 4.98 Å². The van der Waals surface area contributed by atoms with Gasteiger partial charge in [-0.3, -0.25) is 4.98 Å². The summed E-state index contributed by atoms with van der Waals surface area (Å²) < 4.78 is 2.16. The molecule has 2 aromatic heterocycles. The third-order valence-corrected chi connectivity index (χ3v) is 3.29. The van der Waals surface area contributed by atoms with Crippen LogP contribution in [0.1, 0.15) is 18.3 Å². The lowest BCUT2D eigenvalue weighted by Gasteiger charge is -2.07. The maximum atomic E-state index is 9.86. The van der Waals surface area contributed by atoms with Crippen molar-refractivity contribution in [3.05, 3.63) is 54.1 Å². The number of hydrogen-bond acceptors (Lipinski definition) is 3. The average Bonchev–Trinajstić information content (AvgIpc) is 2.78. The number of rotatable bonds is 3. The summed E-state index contributed by atoms with van der Waals surface area (Å²) in [5.41, 5.74) is 2.87. The molecule has 3 aromatic rings. The summed E-state index contributed by atoms with van der Waals surface area (Å²) in [5.74, 6) is 1.27. The Morgan fingerprint density at radius 1 is 1.21 bits per heavy atom. The summed E-state index contributed by atoms with van der Waals surface area (Å²) in [6.45, 7) is 2.94. The smallest absolute Gasteiger partial charge is 0.119 e. The largest absolute Gasteiger partial charge is 0.508 e. The maximum absolute atomic E-state index is 9.86. The number of aromatic hydroxyl groups is 1. The van der Waals surface area contributed by atoms with Gasteiger partial charge in [-0.2, -0.15) is 0 Å². The van der Waals surface area contributed by atoms with Gasteiger partial charge in [0.1, 0.15) is 17.1 Å². The minimum atomic E-state index is 0.315. The van der Waals surface area contributed by atoms with Crippen molar-refractivity contribution in [3.63, 3.8) is 0 Å². The molecule has 2 heterocycles. The number of aryl methyl sites for hydroxylation is 1. The molecule has 0 aliphatic carbocycles. The number of pyridine rings is 1. The zero-order valence-electron chi connectivity index (χ0n) is 10.7. The second kappa shape index (κ2) is 4.72. The van der Waals surface area contributed by atoms with Crippen LogP contribution in [-0.2, 0) is 13.0 Å². The summed E-state index contributed by atoms with van der Waals surface area (Å²) in [6, 6.07) is 9.35. The van der Waals surface area contributed by atoms with Crippen molar-refractivity contribution in [2.45, 2.75) is 19.9 Å². The highest BCUT2D eigenvalue weighted by molar-refractivity contribution is 5.74. The lowest BCUT2D eigenvalue weighted by molar-refractivity contribution is 0.468. The number of fused-ring (bicyclic) bond motifs is 1. The molecule has 3 rings (SSSR count). The first kappa shape index (κ1) is 11.7. The van der Waals surface area contributed by atoms with Gasteiger partial charge >= 0.3 is 0 Å². The number of imidazole rings is 1. The minimum Gasteiger partial charge on any atom is -0.508 e. The normalized spacial score (nSPS) is 11.0. The molecule has 0 unspecified atom stereocenters. The van der Waals surface area contributed by atoms with Crippen LogP contribution in [-0.4, -0.2) is 19.6 Å². The van der Waals surface area contributed by atoms with Crippen LogP contribution in [0.25, 0.3) is 11.0 Å². The molecule has 0 aliphatic rings. The lowest BCUT2D eigenvalue weighted by atomic mass is 10.1. The van der Waals surface area contributed by atoms with Crippen molar-refractivity contribution in [2.75, 3.05) is 0 Å². The Morgan fingerprint density at radius 3 is 2.84 bits per heavy atom. The third-order valence-electron chi connectivity index (χ3n) is 3.29. The van der Waals surface area contributed by atoms with Crippen LogP contribution < -0.4 is 0 Å². The molecule has 0 fully saturated rings. The molecule has 0 amide bonds. The average molecular weight is 253 g/mol. The highest BCUT2D eigenvalue weighted by Crippen LogP contribution is 2.22. The Balaban J connectivity index is 2.08. The van der Waals surface area contributed by atoms with Gasteiger partial charge in [0.2, 0.25) is 0 Å². The highest BCUT2D eigenvalue weighted by atomic mass is 16.3. The number of nitrogens with zero attached hydrogens (tertiary/aromatic N) is 3. The molecular formula is C15H15N3O. The monoisotopic (exact) mass is 253 g/mol. The minimum absolute atomic E-state index is 0.315. The molecule has 0 bridgehead atoms. The Labute approximate surface area is 111 Å². The van der Waals surface area contributed by atoms with Gasteiger partial charge < -0.3 is 9.67 Å². The van der Waals surface area contributed by atoms with Crippen molar-refractivity contribution in [2.24, 2.45) is 0 Å².